The van der Waals surface area contributed by atoms with Crippen molar-refractivity contribution in [2.45, 2.75) is 27.2 Å². The van der Waals surface area contributed by atoms with Crippen LogP contribution in [0, 0.1) is 13.8 Å². The maximum Gasteiger partial charge on any atom is 0.339 e. The molecule has 4 heteroatoms. The minimum atomic E-state index is -0.330. The van der Waals surface area contributed by atoms with Crippen molar-refractivity contribution in [2.24, 2.45) is 0 Å². The standard InChI is InChI=1S/C22H23NO3/c1-4-19-16(3)21(18-10-5-6-11-20(18)23-19)22(24)26-13-12-25-17-9-7-8-15(2)14-17/h5-11,14H,4,12-13H2,1-3H3. The zero-order valence-electron chi connectivity index (χ0n) is 15.4. The summed E-state index contributed by atoms with van der Waals surface area (Å²) in [4.78, 5) is 17.4. The lowest BCUT2D eigenvalue weighted by atomic mass is 10.0. The number of rotatable bonds is 6. The molecule has 3 rings (SSSR count). The maximum atomic E-state index is 12.7. The Morgan fingerprint density at radius 1 is 1.04 bits per heavy atom. The first-order valence-electron chi connectivity index (χ1n) is 8.85. The van der Waals surface area contributed by atoms with Crippen molar-refractivity contribution in [3.63, 3.8) is 0 Å². The predicted molar refractivity (Wildman–Crippen MR) is 103 cm³/mol. The molecule has 0 fully saturated rings. The molecule has 0 unspecified atom stereocenters. The van der Waals surface area contributed by atoms with Crippen molar-refractivity contribution in [3.05, 3.63) is 70.9 Å². The van der Waals surface area contributed by atoms with Crippen LogP contribution in [-0.4, -0.2) is 24.2 Å². The summed E-state index contributed by atoms with van der Waals surface area (Å²) in [6.07, 6.45) is 0.771. The highest BCUT2D eigenvalue weighted by atomic mass is 16.6. The number of carbonyl (C=O) groups is 1. The fraction of sp³-hybridized carbons (Fsp3) is 0.273. The Bertz CT molecular complexity index is 934. The number of hydrogen-bond donors (Lipinski definition) is 0. The first kappa shape index (κ1) is 17.9. The second-order valence-electron chi connectivity index (χ2n) is 6.23. The highest BCUT2D eigenvalue weighted by Gasteiger charge is 2.18. The number of ether oxygens (including phenoxy) is 2. The molecule has 0 radical (unpaired) electrons. The van der Waals surface area contributed by atoms with Gasteiger partial charge in [-0.1, -0.05) is 37.3 Å². The number of benzene rings is 2. The first-order chi connectivity index (χ1) is 12.6. The first-order valence-corrected chi connectivity index (χ1v) is 8.85. The molecule has 2 aromatic carbocycles. The van der Waals surface area contributed by atoms with Crippen LogP contribution in [0.3, 0.4) is 0 Å². The number of pyridine rings is 1. The second kappa shape index (κ2) is 8.00. The van der Waals surface area contributed by atoms with Gasteiger partial charge in [0.05, 0.1) is 11.1 Å². The van der Waals surface area contributed by atoms with Gasteiger partial charge in [0.1, 0.15) is 19.0 Å². The summed E-state index contributed by atoms with van der Waals surface area (Å²) in [5.41, 5.74) is 4.36. The van der Waals surface area contributed by atoms with Gasteiger partial charge in [-0.15, -0.1) is 0 Å². The Hall–Kier alpha value is -2.88. The Morgan fingerprint density at radius 2 is 1.85 bits per heavy atom. The summed E-state index contributed by atoms with van der Waals surface area (Å²) < 4.78 is 11.1. The quantitative estimate of drug-likeness (QED) is 0.480. The number of hydrogen-bond acceptors (Lipinski definition) is 4. The second-order valence-corrected chi connectivity index (χ2v) is 6.23. The molecule has 4 nitrogen and oxygen atoms in total. The number of esters is 1. The van der Waals surface area contributed by atoms with Gasteiger partial charge in [-0.2, -0.15) is 0 Å². The van der Waals surface area contributed by atoms with Crippen molar-refractivity contribution in [3.8, 4) is 5.75 Å². The molecule has 134 valence electrons. The SMILES string of the molecule is CCc1nc2ccccc2c(C(=O)OCCOc2cccc(C)c2)c1C. The van der Waals surface area contributed by atoms with Gasteiger partial charge in [-0.3, -0.25) is 4.98 Å². The number of aromatic nitrogens is 1. The van der Waals surface area contributed by atoms with E-state index in [1.807, 2.05) is 69.3 Å². The normalized spacial score (nSPS) is 10.7. The molecule has 26 heavy (non-hydrogen) atoms. The van der Waals surface area contributed by atoms with Crippen LogP contribution in [0.5, 0.6) is 5.75 Å². The minimum absolute atomic E-state index is 0.199. The summed E-state index contributed by atoms with van der Waals surface area (Å²) >= 11 is 0. The van der Waals surface area contributed by atoms with Crippen LogP contribution in [0.15, 0.2) is 48.5 Å². The lowest BCUT2D eigenvalue weighted by Gasteiger charge is -2.13. The van der Waals surface area contributed by atoms with Crippen molar-refractivity contribution in [1.82, 2.24) is 4.98 Å². The Labute approximate surface area is 153 Å². The van der Waals surface area contributed by atoms with Crippen molar-refractivity contribution >= 4 is 16.9 Å². The Morgan fingerprint density at radius 3 is 2.62 bits per heavy atom. The third-order valence-electron chi connectivity index (χ3n) is 4.35. The lowest BCUT2D eigenvalue weighted by molar-refractivity contribution is 0.0451. The summed E-state index contributed by atoms with van der Waals surface area (Å²) in [6.45, 7) is 6.49. The van der Waals surface area contributed by atoms with Crippen molar-refractivity contribution in [1.29, 1.82) is 0 Å². The van der Waals surface area contributed by atoms with E-state index in [2.05, 4.69) is 4.98 Å². The van der Waals surface area contributed by atoms with Crippen LogP contribution in [0.1, 0.15) is 34.1 Å². The van der Waals surface area contributed by atoms with Crippen molar-refractivity contribution in [2.75, 3.05) is 13.2 Å². The van der Waals surface area contributed by atoms with Crippen LogP contribution >= 0.6 is 0 Å². The molecular formula is C22H23NO3. The molecule has 1 heterocycles. The van der Waals surface area contributed by atoms with Gasteiger partial charge in [-0.25, -0.2) is 4.79 Å². The van der Waals surface area contributed by atoms with Crippen LogP contribution in [0.4, 0.5) is 0 Å². The third kappa shape index (κ3) is 3.85. The molecule has 0 atom stereocenters. The number of para-hydroxylation sites is 1. The topological polar surface area (TPSA) is 48.4 Å². The maximum absolute atomic E-state index is 12.7. The predicted octanol–water partition coefficient (Wildman–Crippen LogP) is 4.65. The van der Waals surface area contributed by atoms with E-state index in [0.717, 1.165) is 39.9 Å². The van der Waals surface area contributed by atoms with Gasteiger partial charge in [0.2, 0.25) is 0 Å². The van der Waals surface area contributed by atoms with Crippen LogP contribution in [0.2, 0.25) is 0 Å². The van der Waals surface area contributed by atoms with E-state index in [4.69, 9.17) is 9.47 Å². The molecule has 0 aliphatic carbocycles. The summed E-state index contributed by atoms with van der Waals surface area (Å²) in [7, 11) is 0. The number of nitrogens with zero attached hydrogens (tertiary/aromatic N) is 1. The zero-order valence-corrected chi connectivity index (χ0v) is 15.4. The van der Waals surface area contributed by atoms with E-state index in [1.165, 1.54) is 0 Å². The molecular weight excluding hydrogens is 326 g/mol. The van der Waals surface area contributed by atoms with Gasteiger partial charge in [0, 0.05) is 11.1 Å². The summed E-state index contributed by atoms with van der Waals surface area (Å²) in [6, 6.07) is 15.5. The Kier molecular flexibility index (Phi) is 5.52. The molecule has 0 spiro atoms. The van der Waals surface area contributed by atoms with Gasteiger partial charge >= 0.3 is 5.97 Å². The van der Waals surface area contributed by atoms with Crippen LogP contribution in [0.25, 0.3) is 10.9 Å². The lowest BCUT2D eigenvalue weighted by Crippen LogP contribution is -2.15. The molecule has 1 aromatic heterocycles. The summed E-state index contributed by atoms with van der Waals surface area (Å²) in [5, 5.41) is 0.826. The van der Waals surface area contributed by atoms with E-state index in [0.29, 0.717) is 12.2 Å². The largest absolute Gasteiger partial charge is 0.490 e. The molecule has 3 aromatic rings. The fourth-order valence-electron chi connectivity index (χ4n) is 3.04. The highest BCUT2D eigenvalue weighted by molar-refractivity contribution is 6.05. The minimum Gasteiger partial charge on any atom is -0.490 e. The number of carbonyl (C=O) groups excluding carboxylic acids is 1. The third-order valence-corrected chi connectivity index (χ3v) is 4.35. The molecule has 0 bridgehead atoms. The monoisotopic (exact) mass is 349 g/mol. The zero-order chi connectivity index (χ0) is 18.5. The van der Waals surface area contributed by atoms with Crippen molar-refractivity contribution < 1.29 is 14.3 Å². The molecule has 0 amide bonds. The van der Waals surface area contributed by atoms with Gasteiger partial charge in [-0.05, 0) is 49.6 Å². The van der Waals surface area contributed by atoms with E-state index < -0.39 is 0 Å². The average Bonchev–Trinajstić information content (AvgIpc) is 2.64. The van der Waals surface area contributed by atoms with Gasteiger partial charge < -0.3 is 9.47 Å². The average molecular weight is 349 g/mol. The smallest absolute Gasteiger partial charge is 0.339 e. The van der Waals surface area contributed by atoms with E-state index in [-0.39, 0.29) is 12.6 Å². The van der Waals surface area contributed by atoms with Crippen LogP contribution in [-0.2, 0) is 11.2 Å². The van der Waals surface area contributed by atoms with E-state index in [1.54, 1.807) is 0 Å². The number of aryl methyl sites for hydroxylation is 2. The van der Waals surface area contributed by atoms with Gasteiger partial charge in [0.15, 0.2) is 0 Å². The molecule has 0 saturated heterocycles. The Balaban J connectivity index is 1.72. The molecule has 0 saturated carbocycles. The number of fused-ring (bicyclic) bond motifs is 1. The summed E-state index contributed by atoms with van der Waals surface area (Å²) in [5.74, 6) is 0.448. The van der Waals surface area contributed by atoms with Crippen LogP contribution < -0.4 is 4.74 Å². The van der Waals surface area contributed by atoms with E-state index in [9.17, 15) is 4.79 Å². The molecule has 0 N–H and O–H groups in total. The van der Waals surface area contributed by atoms with E-state index >= 15 is 0 Å². The fourth-order valence-corrected chi connectivity index (χ4v) is 3.04. The molecule has 0 aliphatic rings. The van der Waals surface area contributed by atoms with Gasteiger partial charge in [0.25, 0.3) is 0 Å². The molecule has 0 aliphatic heterocycles. The highest BCUT2D eigenvalue weighted by Crippen LogP contribution is 2.24.